The number of hydrogen-bond donors (Lipinski definition) is 1. The predicted octanol–water partition coefficient (Wildman–Crippen LogP) is 5.64. The number of nitrogens with one attached hydrogen (secondary N) is 1. The number of carbonyl (C=O) groups is 1. The molecule has 1 heterocycles. The Bertz CT molecular complexity index is 1030. The third-order valence-corrected chi connectivity index (χ3v) is 5.51. The number of carbonyl (C=O) groups excluding carboxylic acids is 1. The van der Waals surface area contributed by atoms with Crippen molar-refractivity contribution in [1.29, 1.82) is 0 Å². The van der Waals surface area contributed by atoms with Crippen LogP contribution in [-0.2, 0) is 11.3 Å². The molecule has 1 aromatic heterocycles. The van der Waals surface area contributed by atoms with Gasteiger partial charge in [0.05, 0.1) is 10.8 Å². The van der Waals surface area contributed by atoms with E-state index in [4.69, 9.17) is 27.9 Å². The molecule has 0 aliphatic rings. The molecule has 1 unspecified atom stereocenters. The second kappa shape index (κ2) is 10.5. The molecule has 6 nitrogen and oxygen atoms in total. The van der Waals surface area contributed by atoms with Crippen molar-refractivity contribution in [3.63, 3.8) is 0 Å². The smallest absolute Gasteiger partial charge is 0.234 e. The fourth-order valence-corrected chi connectivity index (χ4v) is 3.88. The van der Waals surface area contributed by atoms with E-state index in [9.17, 15) is 4.79 Å². The van der Waals surface area contributed by atoms with Crippen molar-refractivity contribution in [3.8, 4) is 5.75 Å². The number of benzene rings is 2. The van der Waals surface area contributed by atoms with Crippen molar-refractivity contribution in [2.24, 2.45) is 0 Å². The summed E-state index contributed by atoms with van der Waals surface area (Å²) in [7, 11) is 0. The molecule has 0 fully saturated rings. The Labute approximate surface area is 189 Å². The van der Waals surface area contributed by atoms with E-state index in [1.165, 1.54) is 11.8 Å². The molecule has 0 bridgehead atoms. The molecule has 0 aliphatic heterocycles. The van der Waals surface area contributed by atoms with Crippen molar-refractivity contribution < 1.29 is 9.53 Å². The van der Waals surface area contributed by atoms with E-state index in [1.807, 2.05) is 41.8 Å². The van der Waals surface area contributed by atoms with Gasteiger partial charge in [-0.05, 0) is 37.3 Å². The van der Waals surface area contributed by atoms with E-state index in [-0.39, 0.29) is 11.7 Å². The summed E-state index contributed by atoms with van der Waals surface area (Å²) in [5.41, 5.74) is 0.748. The van der Waals surface area contributed by atoms with Crippen molar-refractivity contribution in [2.75, 3.05) is 11.1 Å². The highest BCUT2D eigenvalue weighted by Gasteiger charge is 2.20. The SMILES string of the molecule is C=CCn1c(SCC(=O)Nc2ccccc2)nnc1C(C)Oc1ccc(Cl)cc1Cl. The standard InChI is InChI=1S/C21H20Cl2N4O2S/c1-3-11-27-20(14(2)29-18-10-9-15(22)12-17(18)23)25-26-21(27)30-13-19(28)24-16-7-5-4-6-8-16/h3-10,12,14H,1,11,13H2,2H3,(H,24,28). The van der Waals surface area contributed by atoms with Gasteiger partial charge in [-0.3, -0.25) is 9.36 Å². The van der Waals surface area contributed by atoms with E-state index < -0.39 is 6.10 Å². The van der Waals surface area contributed by atoms with Crippen LogP contribution in [0.4, 0.5) is 5.69 Å². The van der Waals surface area contributed by atoms with Crippen LogP contribution < -0.4 is 10.1 Å². The Morgan fingerprint density at radius 2 is 2.03 bits per heavy atom. The van der Waals surface area contributed by atoms with Gasteiger partial charge in [-0.15, -0.1) is 16.8 Å². The zero-order valence-corrected chi connectivity index (χ0v) is 18.5. The van der Waals surface area contributed by atoms with E-state index in [0.29, 0.717) is 33.3 Å². The number of anilines is 1. The highest BCUT2D eigenvalue weighted by atomic mass is 35.5. The Hall–Kier alpha value is -2.48. The van der Waals surface area contributed by atoms with Crippen LogP contribution in [0.2, 0.25) is 10.0 Å². The van der Waals surface area contributed by atoms with Crippen LogP contribution >= 0.6 is 35.0 Å². The maximum atomic E-state index is 12.2. The quantitative estimate of drug-likeness (QED) is 0.329. The second-order valence-corrected chi connectivity index (χ2v) is 8.06. The Morgan fingerprint density at radius 1 is 1.27 bits per heavy atom. The first-order chi connectivity index (χ1) is 14.5. The molecule has 0 spiro atoms. The minimum absolute atomic E-state index is 0.127. The Balaban J connectivity index is 1.69. The lowest BCUT2D eigenvalue weighted by Gasteiger charge is -2.16. The first kappa shape index (κ1) is 22.2. The van der Waals surface area contributed by atoms with Crippen LogP contribution in [0, 0.1) is 0 Å². The summed E-state index contributed by atoms with van der Waals surface area (Å²) in [5.74, 6) is 1.17. The minimum Gasteiger partial charge on any atom is -0.481 e. The van der Waals surface area contributed by atoms with Gasteiger partial charge < -0.3 is 10.1 Å². The van der Waals surface area contributed by atoms with Gasteiger partial charge in [-0.25, -0.2) is 0 Å². The maximum Gasteiger partial charge on any atom is 0.234 e. The topological polar surface area (TPSA) is 69.0 Å². The monoisotopic (exact) mass is 462 g/mol. The maximum absolute atomic E-state index is 12.2. The van der Waals surface area contributed by atoms with Gasteiger partial charge in [0.15, 0.2) is 17.1 Å². The zero-order chi connectivity index (χ0) is 21.5. The molecule has 1 atom stereocenters. The molecule has 156 valence electrons. The summed E-state index contributed by atoms with van der Waals surface area (Å²) in [4.78, 5) is 12.2. The number of allylic oxidation sites excluding steroid dienone is 1. The molecular formula is C21H20Cl2N4O2S. The molecule has 3 rings (SSSR count). The first-order valence-electron chi connectivity index (χ1n) is 9.11. The van der Waals surface area contributed by atoms with E-state index in [2.05, 4.69) is 22.1 Å². The lowest BCUT2D eigenvalue weighted by molar-refractivity contribution is -0.113. The molecule has 0 saturated heterocycles. The lowest BCUT2D eigenvalue weighted by atomic mass is 10.3. The van der Waals surface area contributed by atoms with Crippen LogP contribution in [-0.4, -0.2) is 26.4 Å². The van der Waals surface area contributed by atoms with Crippen LogP contribution in [0.25, 0.3) is 0 Å². The summed E-state index contributed by atoms with van der Waals surface area (Å²) in [6, 6.07) is 14.3. The van der Waals surface area contributed by atoms with Crippen molar-refractivity contribution in [2.45, 2.75) is 24.7 Å². The van der Waals surface area contributed by atoms with Gasteiger partial charge >= 0.3 is 0 Å². The number of hydrogen-bond acceptors (Lipinski definition) is 5. The van der Waals surface area contributed by atoms with Gasteiger partial charge in [-0.2, -0.15) is 0 Å². The molecule has 3 aromatic rings. The molecule has 1 N–H and O–H groups in total. The van der Waals surface area contributed by atoms with Crippen LogP contribution in [0.5, 0.6) is 5.75 Å². The number of rotatable bonds is 9. The first-order valence-corrected chi connectivity index (χ1v) is 10.9. The normalized spacial score (nSPS) is 11.7. The van der Waals surface area contributed by atoms with Gasteiger partial charge in [0.2, 0.25) is 5.91 Å². The van der Waals surface area contributed by atoms with Gasteiger partial charge in [-0.1, -0.05) is 59.2 Å². The van der Waals surface area contributed by atoms with Crippen molar-refractivity contribution >= 4 is 46.6 Å². The van der Waals surface area contributed by atoms with E-state index in [0.717, 1.165) is 5.69 Å². The summed E-state index contributed by atoms with van der Waals surface area (Å²) < 4.78 is 7.82. The fourth-order valence-electron chi connectivity index (χ4n) is 2.67. The zero-order valence-electron chi connectivity index (χ0n) is 16.2. The largest absolute Gasteiger partial charge is 0.481 e. The number of nitrogens with zero attached hydrogens (tertiary/aromatic N) is 3. The third-order valence-electron chi connectivity index (χ3n) is 4.01. The number of halogens is 2. The van der Waals surface area contributed by atoms with Gasteiger partial charge in [0, 0.05) is 17.3 Å². The molecule has 2 aromatic carbocycles. The van der Waals surface area contributed by atoms with Crippen LogP contribution in [0.3, 0.4) is 0 Å². The lowest BCUT2D eigenvalue weighted by Crippen LogP contribution is -2.15. The third kappa shape index (κ3) is 5.78. The Morgan fingerprint density at radius 3 is 2.73 bits per heavy atom. The molecular weight excluding hydrogens is 443 g/mol. The number of ether oxygens (including phenoxy) is 1. The van der Waals surface area contributed by atoms with E-state index >= 15 is 0 Å². The summed E-state index contributed by atoms with van der Waals surface area (Å²) in [5, 5.41) is 12.9. The Kier molecular flexibility index (Phi) is 7.79. The van der Waals surface area contributed by atoms with Crippen LogP contribution in [0.1, 0.15) is 18.9 Å². The molecule has 30 heavy (non-hydrogen) atoms. The number of amides is 1. The molecule has 0 aliphatic carbocycles. The highest BCUT2D eigenvalue weighted by molar-refractivity contribution is 7.99. The minimum atomic E-state index is -0.427. The van der Waals surface area contributed by atoms with Gasteiger partial charge in [0.25, 0.3) is 0 Å². The second-order valence-electron chi connectivity index (χ2n) is 6.28. The average molecular weight is 463 g/mol. The van der Waals surface area contributed by atoms with E-state index in [1.54, 1.807) is 24.3 Å². The average Bonchev–Trinajstić information content (AvgIpc) is 3.12. The highest BCUT2D eigenvalue weighted by Crippen LogP contribution is 2.31. The summed E-state index contributed by atoms with van der Waals surface area (Å²) in [6.07, 6.45) is 1.31. The molecule has 0 radical (unpaired) electrons. The summed E-state index contributed by atoms with van der Waals surface area (Å²) in [6.45, 7) is 6.13. The number of aromatic nitrogens is 3. The van der Waals surface area contributed by atoms with Crippen molar-refractivity contribution in [1.82, 2.24) is 14.8 Å². The van der Waals surface area contributed by atoms with Crippen LogP contribution in [0.15, 0.2) is 66.3 Å². The summed E-state index contributed by atoms with van der Waals surface area (Å²) >= 11 is 13.4. The molecule has 0 saturated carbocycles. The van der Waals surface area contributed by atoms with Gasteiger partial charge in [0.1, 0.15) is 5.75 Å². The molecule has 9 heteroatoms. The van der Waals surface area contributed by atoms with Crippen molar-refractivity contribution in [3.05, 3.63) is 77.1 Å². The number of para-hydroxylation sites is 1. The molecule has 1 amide bonds. The fraction of sp³-hybridized carbons (Fsp3) is 0.190. The number of thioether (sulfide) groups is 1. The predicted molar refractivity (Wildman–Crippen MR) is 122 cm³/mol.